The van der Waals surface area contributed by atoms with Gasteiger partial charge in [0.25, 0.3) is 5.91 Å². The van der Waals surface area contributed by atoms with E-state index in [0.717, 1.165) is 5.56 Å². The van der Waals surface area contributed by atoms with Gasteiger partial charge in [0.1, 0.15) is 11.6 Å². The molecule has 0 fully saturated rings. The summed E-state index contributed by atoms with van der Waals surface area (Å²) < 4.78 is 18.2. The van der Waals surface area contributed by atoms with E-state index in [1.54, 1.807) is 54.6 Å². The number of amides is 2. The van der Waals surface area contributed by atoms with Crippen LogP contribution in [0.3, 0.4) is 0 Å². The van der Waals surface area contributed by atoms with Crippen molar-refractivity contribution in [1.29, 1.82) is 0 Å². The minimum atomic E-state index is -0.459. The van der Waals surface area contributed by atoms with E-state index in [2.05, 4.69) is 10.6 Å². The molecule has 162 valence electrons. The number of hydrogen-bond acceptors (Lipinski definition) is 4. The molecule has 0 radical (unpaired) electrons. The SMILES string of the molecule is CC(=O)Oc1cccc(C(=O)NCc2ccc(NC(=O)/C=C/c3cccc(F)c3)cc2)c1. The first-order valence-electron chi connectivity index (χ1n) is 9.79. The van der Waals surface area contributed by atoms with Gasteiger partial charge < -0.3 is 15.4 Å². The highest BCUT2D eigenvalue weighted by atomic mass is 19.1. The number of halogens is 1. The lowest BCUT2D eigenvalue weighted by atomic mass is 10.1. The summed E-state index contributed by atoms with van der Waals surface area (Å²) in [5.74, 6) is -1.18. The molecule has 0 saturated carbocycles. The Kier molecular flexibility index (Phi) is 7.48. The zero-order valence-electron chi connectivity index (χ0n) is 17.3. The van der Waals surface area contributed by atoms with E-state index < -0.39 is 5.97 Å². The zero-order chi connectivity index (χ0) is 22.9. The highest BCUT2D eigenvalue weighted by molar-refractivity contribution is 6.01. The first kappa shape index (κ1) is 22.4. The maximum atomic E-state index is 13.2. The Morgan fingerprint density at radius 1 is 0.969 bits per heavy atom. The molecule has 0 aliphatic carbocycles. The maximum Gasteiger partial charge on any atom is 0.308 e. The molecule has 2 N–H and O–H groups in total. The Balaban J connectivity index is 1.51. The van der Waals surface area contributed by atoms with Crippen molar-refractivity contribution < 1.29 is 23.5 Å². The lowest BCUT2D eigenvalue weighted by Gasteiger charge is -2.08. The smallest absolute Gasteiger partial charge is 0.308 e. The molecule has 0 aliphatic heterocycles. The Hall–Kier alpha value is -4.26. The van der Waals surface area contributed by atoms with Crippen molar-refractivity contribution in [2.24, 2.45) is 0 Å². The molecule has 0 unspecified atom stereocenters. The van der Waals surface area contributed by atoms with Crippen molar-refractivity contribution in [2.45, 2.75) is 13.5 Å². The average Bonchev–Trinajstić information content (AvgIpc) is 2.77. The molecule has 3 rings (SSSR count). The van der Waals surface area contributed by atoms with E-state index >= 15 is 0 Å². The van der Waals surface area contributed by atoms with Crippen LogP contribution < -0.4 is 15.4 Å². The number of carbonyl (C=O) groups is 3. The summed E-state index contributed by atoms with van der Waals surface area (Å²) in [6, 6.07) is 19.3. The molecule has 3 aromatic carbocycles. The van der Waals surface area contributed by atoms with Gasteiger partial charge in [-0.25, -0.2) is 4.39 Å². The third kappa shape index (κ3) is 6.91. The number of benzene rings is 3. The van der Waals surface area contributed by atoms with Gasteiger partial charge in [0.2, 0.25) is 5.91 Å². The van der Waals surface area contributed by atoms with Crippen molar-refractivity contribution >= 4 is 29.5 Å². The van der Waals surface area contributed by atoms with Gasteiger partial charge in [-0.05, 0) is 59.7 Å². The average molecular weight is 432 g/mol. The van der Waals surface area contributed by atoms with Crippen LogP contribution >= 0.6 is 0 Å². The molecule has 2 amide bonds. The lowest BCUT2D eigenvalue weighted by molar-refractivity contribution is -0.131. The molecule has 7 heteroatoms. The molecule has 0 aromatic heterocycles. The minimum absolute atomic E-state index is 0.282. The fourth-order valence-corrected chi connectivity index (χ4v) is 2.82. The van der Waals surface area contributed by atoms with Crippen LogP contribution in [0.2, 0.25) is 0 Å². The molecule has 6 nitrogen and oxygen atoms in total. The Morgan fingerprint density at radius 3 is 2.44 bits per heavy atom. The summed E-state index contributed by atoms with van der Waals surface area (Å²) in [4.78, 5) is 35.4. The molecular weight excluding hydrogens is 411 g/mol. The Morgan fingerprint density at radius 2 is 1.72 bits per heavy atom. The number of carbonyl (C=O) groups excluding carboxylic acids is 3. The second kappa shape index (κ2) is 10.7. The predicted octanol–water partition coefficient (Wildman–Crippen LogP) is 4.33. The summed E-state index contributed by atoms with van der Waals surface area (Å²) in [7, 11) is 0. The lowest BCUT2D eigenvalue weighted by Crippen LogP contribution is -2.22. The van der Waals surface area contributed by atoms with Gasteiger partial charge in [0, 0.05) is 30.8 Å². The monoisotopic (exact) mass is 432 g/mol. The maximum absolute atomic E-state index is 13.2. The topological polar surface area (TPSA) is 84.5 Å². The van der Waals surface area contributed by atoms with Gasteiger partial charge in [0.15, 0.2) is 0 Å². The zero-order valence-corrected chi connectivity index (χ0v) is 17.3. The molecule has 3 aromatic rings. The number of nitrogens with one attached hydrogen (secondary N) is 2. The van der Waals surface area contributed by atoms with Gasteiger partial charge in [0.05, 0.1) is 0 Å². The molecule has 0 atom stereocenters. The molecule has 0 bridgehead atoms. The minimum Gasteiger partial charge on any atom is -0.427 e. The normalized spacial score (nSPS) is 10.6. The molecule has 0 saturated heterocycles. The van der Waals surface area contributed by atoms with Gasteiger partial charge >= 0.3 is 5.97 Å². The third-order valence-electron chi connectivity index (χ3n) is 4.31. The van der Waals surface area contributed by atoms with Crippen molar-refractivity contribution in [1.82, 2.24) is 5.32 Å². The van der Waals surface area contributed by atoms with Crippen LogP contribution in [0.5, 0.6) is 5.75 Å². The molecule has 0 heterocycles. The van der Waals surface area contributed by atoms with Crippen LogP contribution in [-0.4, -0.2) is 17.8 Å². The second-order valence-corrected chi connectivity index (χ2v) is 6.88. The predicted molar refractivity (Wildman–Crippen MR) is 119 cm³/mol. The van der Waals surface area contributed by atoms with Crippen LogP contribution in [0.1, 0.15) is 28.4 Å². The number of rotatable bonds is 7. The van der Waals surface area contributed by atoms with Crippen LogP contribution in [0.25, 0.3) is 6.08 Å². The second-order valence-electron chi connectivity index (χ2n) is 6.88. The van der Waals surface area contributed by atoms with E-state index in [1.807, 2.05) is 0 Å². The first-order valence-corrected chi connectivity index (χ1v) is 9.79. The number of anilines is 1. The largest absolute Gasteiger partial charge is 0.427 e. The van der Waals surface area contributed by atoms with Gasteiger partial charge in [-0.1, -0.05) is 30.3 Å². The fraction of sp³-hybridized carbons (Fsp3) is 0.0800. The van der Waals surface area contributed by atoms with Crippen LogP contribution in [-0.2, 0) is 16.1 Å². The molecule has 0 spiro atoms. The van der Waals surface area contributed by atoms with Crippen molar-refractivity contribution in [3.05, 3.63) is 101 Å². The number of esters is 1. The van der Waals surface area contributed by atoms with E-state index in [1.165, 1.54) is 37.3 Å². The highest BCUT2D eigenvalue weighted by Gasteiger charge is 2.08. The van der Waals surface area contributed by atoms with E-state index in [0.29, 0.717) is 22.6 Å². The summed E-state index contributed by atoms with van der Waals surface area (Å²) in [5.41, 5.74) is 2.38. The summed E-state index contributed by atoms with van der Waals surface area (Å²) in [5, 5.41) is 5.51. The summed E-state index contributed by atoms with van der Waals surface area (Å²) in [6.45, 7) is 1.57. The van der Waals surface area contributed by atoms with Crippen molar-refractivity contribution in [2.75, 3.05) is 5.32 Å². The Labute approximate surface area is 184 Å². The van der Waals surface area contributed by atoms with Crippen molar-refractivity contribution in [3.63, 3.8) is 0 Å². The highest BCUT2D eigenvalue weighted by Crippen LogP contribution is 2.14. The quantitative estimate of drug-likeness (QED) is 0.331. The first-order chi connectivity index (χ1) is 15.4. The van der Waals surface area contributed by atoms with E-state index in [9.17, 15) is 18.8 Å². The van der Waals surface area contributed by atoms with Crippen LogP contribution in [0.4, 0.5) is 10.1 Å². The summed E-state index contributed by atoms with van der Waals surface area (Å²) in [6.07, 6.45) is 2.85. The van der Waals surface area contributed by atoms with Crippen LogP contribution in [0.15, 0.2) is 78.9 Å². The Bertz CT molecular complexity index is 1160. The molecule has 0 aliphatic rings. The van der Waals surface area contributed by atoms with E-state index in [4.69, 9.17) is 4.74 Å². The molecule has 32 heavy (non-hydrogen) atoms. The molecular formula is C25H21FN2O4. The van der Waals surface area contributed by atoms with Crippen molar-refractivity contribution in [3.8, 4) is 5.75 Å². The van der Waals surface area contributed by atoms with Crippen LogP contribution in [0, 0.1) is 5.82 Å². The fourth-order valence-electron chi connectivity index (χ4n) is 2.82. The van der Waals surface area contributed by atoms with Gasteiger partial charge in [-0.2, -0.15) is 0 Å². The number of ether oxygens (including phenoxy) is 1. The number of hydrogen-bond donors (Lipinski definition) is 2. The third-order valence-corrected chi connectivity index (χ3v) is 4.31. The summed E-state index contributed by atoms with van der Waals surface area (Å²) >= 11 is 0. The van der Waals surface area contributed by atoms with Gasteiger partial charge in [-0.3, -0.25) is 14.4 Å². The van der Waals surface area contributed by atoms with E-state index in [-0.39, 0.29) is 24.2 Å². The standard InChI is InChI=1S/C25H21FN2O4/c1-17(29)32-23-7-3-5-20(15-23)25(31)27-16-19-8-11-22(12-9-19)28-24(30)13-10-18-4-2-6-21(26)14-18/h2-15H,16H2,1H3,(H,27,31)(H,28,30)/b13-10+. The van der Waals surface area contributed by atoms with Gasteiger partial charge in [-0.15, -0.1) is 0 Å².